The molecule has 0 aliphatic carbocycles. The Hall–Kier alpha value is -1.000. The summed E-state index contributed by atoms with van der Waals surface area (Å²) >= 11 is 5.97. The van der Waals surface area contributed by atoms with E-state index in [0.29, 0.717) is 6.61 Å². The number of aromatic nitrogens is 1. The Morgan fingerprint density at radius 2 is 2.06 bits per heavy atom. The van der Waals surface area contributed by atoms with Crippen molar-refractivity contribution in [2.24, 2.45) is 0 Å². The zero-order valence-electron chi connectivity index (χ0n) is 10.9. The van der Waals surface area contributed by atoms with Crippen molar-refractivity contribution in [1.29, 1.82) is 0 Å². The van der Waals surface area contributed by atoms with Gasteiger partial charge in [0, 0.05) is 10.6 Å². The number of ether oxygens (including phenoxy) is 1. The topological polar surface area (TPSA) is 22.1 Å². The van der Waals surface area contributed by atoms with Gasteiger partial charge in [-0.05, 0) is 38.0 Å². The van der Waals surface area contributed by atoms with Crippen molar-refractivity contribution in [3.63, 3.8) is 0 Å². The van der Waals surface area contributed by atoms with Crippen molar-refractivity contribution in [2.75, 3.05) is 0 Å². The molecule has 0 unspecified atom stereocenters. The van der Waals surface area contributed by atoms with Gasteiger partial charge >= 0.3 is 0 Å². The summed E-state index contributed by atoms with van der Waals surface area (Å²) in [5, 5.41) is 1.01. The third-order valence-corrected chi connectivity index (χ3v) is 4.65. The maximum absolute atomic E-state index is 5.84. The van der Waals surface area contributed by atoms with E-state index in [9.17, 15) is 0 Å². The quantitative estimate of drug-likeness (QED) is 0.852. The third kappa shape index (κ3) is 2.87. The van der Waals surface area contributed by atoms with Gasteiger partial charge in [0.05, 0.1) is 5.69 Å². The fourth-order valence-corrected chi connectivity index (χ4v) is 2.98. The van der Waals surface area contributed by atoms with Crippen LogP contribution in [0.4, 0.5) is 0 Å². The van der Waals surface area contributed by atoms with Crippen molar-refractivity contribution >= 4 is 24.0 Å². The average molecular weight is 279 g/mol. The first-order chi connectivity index (χ1) is 8.61. The molecular formula is C14H17NOS2. The molecule has 0 radical (unpaired) electrons. The van der Waals surface area contributed by atoms with E-state index in [2.05, 4.69) is 37.5 Å². The highest BCUT2D eigenvalue weighted by molar-refractivity contribution is 7.79. The fourth-order valence-electron chi connectivity index (χ4n) is 1.72. The summed E-state index contributed by atoms with van der Waals surface area (Å²) in [6.45, 7) is 6.72. The summed E-state index contributed by atoms with van der Waals surface area (Å²) in [5.41, 5.74) is 3.51. The van der Waals surface area contributed by atoms with E-state index in [1.807, 2.05) is 19.1 Å². The van der Waals surface area contributed by atoms with Gasteiger partial charge in [-0.25, -0.2) is 4.98 Å². The lowest BCUT2D eigenvalue weighted by Gasteiger charge is -2.09. The molecule has 0 atom stereocenters. The van der Waals surface area contributed by atoms with E-state index >= 15 is 0 Å². The van der Waals surface area contributed by atoms with E-state index in [4.69, 9.17) is 4.74 Å². The second-order valence-electron chi connectivity index (χ2n) is 4.26. The molecule has 0 saturated heterocycles. The second-order valence-corrected chi connectivity index (χ2v) is 5.75. The van der Waals surface area contributed by atoms with Crippen molar-refractivity contribution in [1.82, 2.24) is 4.98 Å². The Balaban J connectivity index is 2.09. The standard InChI is InChI=1S/C14H17NOS2/c1-9-5-4-6-12(10(9)2)16-7-14-15-11(3)13(8-17)18-14/h4-6,17H,7-8H2,1-3H3. The SMILES string of the molecule is Cc1cccc(OCc2nc(C)c(CS)s2)c1C. The van der Waals surface area contributed by atoms with E-state index in [0.717, 1.165) is 22.2 Å². The van der Waals surface area contributed by atoms with Gasteiger partial charge in [0.2, 0.25) is 0 Å². The smallest absolute Gasteiger partial charge is 0.140 e. The van der Waals surface area contributed by atoms with Gasteiger partial charge in [0.15, 0.2) is 0 Å². The first-order valence-electron chi connectivity index (χ1n) is 5.87. The number of thiol groups is 1. The Morgan fingerprint density at radius 3 is 2.72 bits per heavy atom. The lowest BCUT2D eigenvalue weighted by Crippen LogP contribution is -1.97. The van der Waals surface area contributed by atoms with Gasteiger partial charge < -0.3 is 4.74 Å². The lowest BCUT2D eigenvalue weighted by atomic mass is 10.1. The van der Waals surface area contributed by atoms with Crippen LogP contribution in [0.1, 0.15) is 26.7 Å². The average Bonchev–Trinajstić information content (AvgIpc) is 2.72. The molecule has 4 heteroatoms. The molecule has 0 amide bonds. The lowest BCUT2D eigenvalue weighted by molar-refractivity contribution is 0.303. The largest absolute Gasteiger partial charge is 0.486 e. The van der Waals surface area contributed by atoms with Crippen molar-refractivity contribution in [3.05, 3.63) is 44.9 Å². The molecule has 0 saturated carbocycles. The second kappa shape index (κ2) is 5.76. The van der Waals surface area contributed by atoms with Crippen LogP contribution in [-0.4, -0.2) is 4.98 Å². The number of benzene rings is 1. The summed E-state index contributed by atoms with van der Waals surface area (Å²) in [6, 6.07) is 6.11. The number of hydrogen-bond acceptors (Lipinski definition) is 4. The van der Waals surface area contributed by atoms with Crippen LogP contribution in [-0.2, 0) is 12.4 Å². The minimum atomic E-state index is 0.531. The van der Waals surface area contributed by atoms with E-state index in [1.165, 1.54) is 16.0 Å². The Labute approximate surface area is 117 Å². The number of thiazole rings is 1. The minimum absolute atomic E-state index is 0.531. The van der Waals surface area contributed by atoms with Crippen molar-refractivity contribution in [2.45, 2.75) is 33.1 Å². The van der Waals surface area contributed by atoms with Gasteiger partial charge in [-0.1, -0.05) is 12.1 Å². The summed E-state index contributed by atoms with van der Waals surface area (Å²) in [5.74, 6) is 1.68. The predicted molar refractivity (Wildman–Crippen MR) is 79.8 cm³/mol. The van der Waals surface area contributed by atoms with E-state index < -0.39 is 0 Å². The fraction of sp³-hybridized carbons (Fsp3) is 0.357. The molecule has 0 spiro atoms. The summed E-state index contributed by atoms with van der Waals surface area (Å²) < 4.78 is 5.84. The molecule has 1 aromatic heterocycles. The normalized spacial score (nSPS) is 10.7. The molecule has 96 valence electrons. The summed E-state index contributed by atoms with van der Waals surface area (Å²) in [6.07, 6.45) is 0. The van der Waals surface area contributed by atoms with Crippen molar-refractivity contribution < 1.29 is 4.74 Å². The third-order valence-electron chi connectivity index (χ3n) is 2.99. The zero-order chi connectivity index (χ0) is 13.1. The molecule has 0 aliphatic rings. The molecule has 0 aliphatic heterocycles. The van der Waals surface area contributed by atoms with E-state index in [1.54, 1.807) is 11.3 Å². The Kier molecular flexibility index (Phi) is 4.30. The number of aryl methyl sites for hydroxylation is 2. The molecule has 0 N–H and O–H groups in total. The maximum atomic E-state index is 5.84. The number of rotatable bonds is 4. The first-order valence-corrected chi connectivity index (χ1v) is 7.31. The van der Waals surface area contributed by atoms with Crippen LogP contribution in [0.15, 0.2) is 18.2 Å². The maximum Gasteiger partial charge on any atom is 0.140 e. The number of hydrogen-bond donors (Lipinski definition) is 1. The van der Waals surface area contributed by atoms with Crippen LogP contribution >= 0.6 is 24.0 Å². The minimum Gasteiger partial charge on any atom is -0.486 e. The number of nitrogens with zero attached hydrogens (tertiary/aromatic N) is 1. The molecule has 0 fully saturated rings. The van der Waals surface area contributed by atoms with Crippen LogP contribution < -0.4 is 4.74 Å². The Bertz CT molecular complexity index is 549. The molecule has 0 bridgehead atoms. The zero-order valence-corrected chi connectivity index (χ0v) is 12.6. The Morgan fingerprint density at radius 1 is 1.28 bits per heavy atom. The highest BCUT2D eigenvalue weighted by Gasteiger charge is 2.08. The van der Waals surface area contributed by atoms with Crippen LogP contribution in [0.25, 0.3) is 0 Å². The molecule has 2 aromatic rings. The molecule has 2 rings (SSSR count). The van der Waals surface area contributed by atoms with Gasteiger partial charge in [-0.15, -0.1) is 11.3 Å². The molecule has 18 heavy (non-hydrogen) atoms. The molecular weight excluding hydrogens is 262 g/mol. The van der Waals surface area contributed by atoms with Crippen LogP contribution in [0.2, 0.25) is 0 Å². The summed E-state index contributed by atoms with van der Waals surface area (Å²) in [4.78, 5) is 5.71. The van der Waals surface area contributed by atoms with E-state index in [-0.39, 0.29) is 0 Å². The predicted octanol–water partition coefficient (Wildman–Crippen LogP) is 4.08. The molecule has 1 aromatic carbocycles. The molecule has 2 nitrogen and oxygen atoms in total. The van der Waals surface area contributed by atoms with Crippen LogP contribution in [0.5, 0.6) is 5.75 Å². The molecule has 1 heterocycles. The monoisotopic (exact) mass is 279 g/mol. The van der Waals surface area contributed by atoms with Gasteiger partial charge in [0.1, 0.15) is 17.4 Å². The summed E-state index contributed by atoms with van der Waals surface area (Å²) in [7, 11) is 0. The first kappa shape index (κ1) is 13.4. The highest BCUT2D eigenvalue weighted by Crippen LogP contribution is 2.24. The highest BCUT2D eigenvalue weighted by atomic mass is 32.1. The van der Waals surface area contributed by atoms with Gasteiger partial charge in [-0.2, -0.15) is 12.6 Å². The van der Waals surface area contributed by atoms with Crippen LogP contribution in [0, 0.1) is 20.8 Å². The van der Waals surface area contributed by atoms with Crippen LogP contribution in [0.3, 0.4) is 0 Å². The van der Waals surface area contributed by atoms with Gasteiger partial charge in [0.25, 0.3) is 0 Å². The van der Waals surface area contributed by atoms with Crippen molar-refractivity contribution in [3.8, 4) is 5.75 Å². The van der Waals surface area contributed by atoms with Gasteiger partial charge in [-0.3, -0.25) is 0 Å².